The van der Waals surface area contributed by atoms with Crippen molar-refractivity contribution in [1.82, 2.24) is 4.98 Å². The molecule has 1 aromatic carbocycles. The molecule has 21 heavy (non-hydrogen) atoms. The largest absolute Gasteiger partial charge is 0.330 e. The third-order valence-electron chi connectivity index (χ3n) is 3.16. The van der Waals surface area contributed by atoms with Crippen LogP contribution in [-0.2, 0) is 4.79 Å². The Hall–Kier alpha value is -1.72. The molecule has 1 aromatic heterocycles. The number of hydrogen-bond donors (Lipinski definition) is 2. The Balaban J connectivity index is 2.15. The normalized spacial score (nSPS) is 11.9. The van der Waals surface area contributed by atoms with Crippen molar-refractivity contribution >= 4 is 27.5 Å². The average Bonchev–Trinajstić information content (AvgIpc) is 2.50. The summed E-state index contributed by atoms with van der Waals surface area (Å²) in [4.78, 5) is 16.8. The number of rotatable bonds is 6. The molecule has 1 unspecified atom stereocenters. The Labute approximate surface area is 132 Å². The first-order valence-corrected chi connectivity index (χ1v) is 7.67. The number of carbonyl (C=O) groups excluding carboxylic acids is 1. The lowest BCUT2D eigenvalue weighted by Crippen LogP contribution is -2.22. The molecule has 0 aliphatic rings. The minimum Gasteiger partial charge on any atom is -0.330 e. The Kier molecular flexibility index (Phi) is 5.90. The maximum atomic E-state index is 12.5. The van der Waals surface area contributed by atoms with Gasteiger partial charge in [0.25, 0.3) is 0 Å². The summed E-state index contributed by atoms with van der Waals surface area (Å²) < 4.78 is 0.896. The fourth-order valence-electron chi connectivity index (χ4n) is 2.08. The molecule has 1 heterocycles. The Bertz CT molecular complexity index is 572. The third-order valence-corrected chi connectivity index (χ3v) is 3.63. The van der Waals surface area contributed by atoms with Crippen molar-refractivity contribution in [2.45, 2.75) is 18.8 Å². The fourth-order valence-corrected chi connectivity index (χ4v) is 2.31. The van der Waals surface area contributed by atoms with Crippen molar-refractivity contribution in [2.24, 2.45) is 5.73 Å². The number of carbonyl (C=O) groups is 1. The zero-order valence-corrected chi connectivity index (χ0v) is 13.2. The summed E-state index contributed by atoms with van der Waals surface area (Å²) in [5.74, 6) is -0.341. The molecule has 4 nitrogen and oxygen atoms in total. The van der Waals surface area contributed by atoms with E-state index in [4.69, 9.17) is 5.73 Å². The second-order valence-corrected chi connectivity index (χ2v) is 5.66. The van der Waals surface area contributed by atoms with Crippen LogP contribution in [0.4, 0.5) is 5.69 Å². The summed E-state index contributed by atoms with van der Waals surface area (Å²) in [5, 5.41) is 2.93. The van der Waals surface area contributed by atoms with Crippen molar-refractivity contribution in [3.8, 4) is 0 Å². The Morgan fingerprint density at radius 3 is 2.62 bits per heavy atom. The first kappa shape index (κ1) is 15.7. The van der Waals surface area contributed by atoms with Crippen LogP contribution < -0.4 is 11.1 Å². The van der Waals surface area contributed by atoms with E-state index in [0.717, 1.165) is 22.3 Å². The van der Waals surface area contributed by atoms with Crippen LogP contribution in [0, 0.1) is 0 Å². The maximum Gasteiger partial charge on any atom is 0.233 e. The molecule has 0 saturated heterocycles. The highest BCUT2D eigenvalue weighted by Gasteiger charge is 2.21. The number of aromatic nitrogens is 1. The van der Waals surface area contributed by atoms with Gasteiger partial charge in [-0.15, -0.1) is 0 Å². The van der Waals surface area contributed by atoms with Gasteiger partial charge in [-0.1, -0.05) is 18.2 Å². The van der Waals surface area contributed by atoms with E-state index in [1.807, 2.05) is 42.5 Å². The minimum atomic E-state index is -0.290. The van der Waals surface area contributed by atoms with Crippen molar-refractivity contribution < 1.29 is 4.79 Å². The van der Waals surface area contributed by atoms with E-state index < -0.39 is 0 Å². The second kappa shape index (κ2) is 7.90. The van der Waals surface area contributed by atoms with Crippen molar-refractivity contribution in [3.63, 3.8) is 0 Å². The number of para-hydroxylation sites is 1. The van der Waals surface area contributed by atoms with Crippen LogP contribution in [-0.4, -0.2) is 17.4 Å². The molecule has 110 valence electrons. The van der Waals surface area contributed by atoms with Crippen LogP contribution in [0.3, 0.4) is 0 Å². The van der Waals surface area contributed by atoms with E-state index >= 15 is 0 Å². The summed E-state index contributed by atoms with van der Waals surface area (Å²) in [6.45, 7) is 0.561. The predicted octanol–water partition coefficient (Wildman–Crippen LogP) is 3.31. The van der Waals surface area contributed by atoms with Gasteiger partial charge in [-0.05, 0) is 59.6 Å². The lowest BCUT2D eigenvalue weighted by Gasteiger charge is -2.16. The van der Waals surface area contributed by atoms with E-state index in [1.54, 1.807) is 6.20 Å². The van der Waals surface area contributed by atoms with Gasteiger partial charge in [0.05, 0.1) is 11.6 Å². The van der Waals surface area contributed by atoms with E-state index in [1.165, 1.54) is 0 Å². The number of benzene rings is 1. The van der Waals surface area contributed by atoms with Gasteiger partial charge in [0.2, 0.25) is 5.91 Å². The van der Waals surface area contributed by atoms with Gasteiger partial charge < -0.3 is 11.1 Å². The van der Waals surface area contributed by atoms with Crippen molar-refractivity contribution in [3.05, 3.63) is 58.8 Å². The molecular weight excluding hydrogens is 330 g/mol. The number of halogens is 1. The van der Waals surface area contributed by atoms with Crippen LogP contribution in [0.25, 0.3) is 0 Å². The first-order valence-electron chi connectivity index (χ1n) is 6.88. The molecule has 1 amide bonds. The highest BCUT2D eigenvalue weighted by atomic mass is 79.9. The minimum absolute atomic E-state index is 0.0514. The van der Waals surface area contributed by atoms with E-state index in [2.05, 4.69) is 26.2 Å². The number of anilines is 1. The molecule has 0 aliphatic carbocycles. The van der Waals surface area contributed by atoms with E-state index in [0.29, 0.717) is 13.0 Å². The van der Waals surface area contributed by atoms with E-state index in [-0.39, 0.29) is 11.8 Å². The third kappa shape index (κ3) is 4.65. The zero-order chi connectivity index (χ0) is 15.1. The summed E-state index contributed by atoms with van der Waals surface area (Å²) >= 11 is 3.35. The average molecular weight is 348 g/mol. The van der Waals surface area contributed by atoms with Crippen molar-refractivity contribution in [1.29, 1.82) is 0 Å². The molecule has 0 aliphatic heterocycles. The van der Waals surface area contributed by atoms with Gasteiger partial charge in [0.15, 0.2) is 0 Å². The SMILES string of the molecule is NCCCC(C(=O)Nc1ccccc1)c1ccc(Br)cn1. The fraction of sp³-hybridized carbons (Fsp3) is 0.250. The number of nitrogens with one attached hydrogen (secondary N) is 1. The number of amides is 1. The molecule has 0 fully saturated rings. The Morgan fingerprint density at radius 2 is 2.00 bits per heavy atom. The van der Waals surface area contributed by atoms with Gasteiger partial charge in [-0.2, -0.15) is 0 Å². The first-order chi connectivity index (χ1) is 10.2. The monoisotopic (exact) mass is 347 g/mol. The zero-order valence-electron chi connectivity index (χ0n) is 11.6. The molecular formula is C16H18BrN3O. The molecule has 0 bridgehead atoms. The molecule has 2 rings (SSSR count). The van der Waals surface area contributed by atoms with Crippen LogP contribution in [0.1, 0.15) is 24.5 Å². The summed E-state index contributed by atoms with van der Waals surface area (Å²) in [5.41, 5.74) is 7.13. The van der Waals surface area contributed by atoms with E-state index in [9.17, 15) is 4.79 Å². The topological polar surface area (TPSA) is 68.0 Å². The standard InChI is InChI=1S/C16H18BrN3O/c17-12-8-9-15(19-11-12)14(7-4-10-18)16(21)20-13-5-2-1-3-6-13/h1-3,5-6,8-9,11,14H,4,7,10,18H2,(H,20,21). The van der Waals surface area contributed by atoms with Gasteiger partial charge in [-0.25, -0.2) is 0 Å². The van der Waals surface area contributed by atoms with Gasteiger partial charge in [0.1, 0.15) is 0 Å². The van der Waals surface area contributed by atoms with Gasteiger partial charge in [0, 0.05) is 16.4 Å². The van der Waals surface area contributed by atoms with Crippen molar-refractivity contribution in [2.75, 3.05) is 11.9 Å². The summed E-state index contributed by atoms with van der Waals surface area (Å²) in [6, 6.07) is 13.2. The van der Waals surface area contributed by atoms with Gasteiger partial charge >= 0.3 is 0 Å². The number of hydrogen-bond acceptors (Lipinski definition) is 3. The molecule has 5 heteroatoms. The molecule has 0 radical (unpaired) electrons. The van der Waals surface area contributed by atoms with Gasteiger partial charge in [-0.3, -0.25) is 9.78 Å². The quantitative estimate of drug-likeness (QED) is 0.842. The maximum absolute atomic E-state index is 12.5. The molecule has 0 spiro atoms. The summed E-state index contributed by atoms with van der Waals surface area (Å²) in [7, 11) is 0. The second-order valence-electron chi connectivity index (χ2n) is 4.74. The van der Waals surface area contributed by atoms with Crippen LogP contribution in [0.5, 0.6) is 0 Å². The summed E-state index contributed by atoms with van der Waals surface area (Å²) in [6.07, 6.45) is 3.18. The molecule has 3 N–H and O–H groups in total. The highest BCUT2D eigenvalue weighted by molar-refractivity contribution is 9.10. The molecule has 2 aromatic rings. The smallest absolute Gasteiger partial charge is 0.233 e. The molecule has 1 atom stereocenters. The predicted molar refractivity (Wildman–Crippen MR) is 88.0 cm³/mol. The van der Waals surface area contributed by atoms with Crippen LogP contribution >= 0.6 is 15.9 Å². The number of nitrogens with two attached hydrogens (primary N) is 1. The Morgan fingerprint density at radius 1 is 1.24 bits per heavy atom. The highest BCUT2D eigenvalue weighted by Crippen LogP contribution is 2.22. The van der Waals surface area contributed by atoms with Crippen LogP contribution in [0.15, 0.2) is 53.1 Å². The number of pyridine rings is 1. The molecule has 0 saturated carbocycles. The lowest BCUT2D eigenvalue weighted by atomic mass is 9.97. The van der Waals surface area contributed by atoms with Crippen LogP contribution in [0.2, 0.25) is 0 Å². The lowest BCUT2D eigenvalue weighted by molar-refractivity contribution is -0.117. The number of nitrogens with zero attached hydrogens (tertiary/aromatic N) is 1.